The zero-order valence-electron chi connectivity index (χ0n) is 15.9. The SMILES string of the molecule is CN(C)CCO[Si](C)(C)C(N1[SiH2]CC[Si]1(C)C)C(C)(C)C. The van der Waals surface area contributed by atoms with Crippen molar-refractivity contribution in [2.24, 2.45) is 5.41 Å². The second kappa shape index (κ2) is 6.97. The van der Waals surface area contributed by atoms with Crippen molar-refractivity contribution in [3.05, 3.63) is 0 Å². The van der Waals surface area contributed by atoms with E-state index in [0.717, 1.165) is 13.2 Å². The highest BCUT2D eigenvalue weighted by Crippen LogP contribution is 2.39. The van der Waals surface area contributed by atoms with Crippen molar-refractivity contribution in [2.75, 3.05) is 27.2 Å². The molecule has 0 bridgehead atoms. The molecular weight excluding hydrogens is 308 g/mol. The molecule has 0 aromatic heterocycles. The smallest absolute Gasteiger partial charge is 0.202 e. The van der Waals surface area contributed by atoms with Crippen molar-refractivity contribution in [1.82, 2.24) is 9.13 Å². The predicted octanol–water partition coefficient (Wildman–Crippen LogP) is 2.75. The molecule has 1 aliphatic heterocycles. The number of rotatable bonds is 6. The quantitative estimate of drug-likeness (QED) is 0.688. The first-order valence-electron chi connectivity index (χ1n) is 8.43. The summed E-state index contributed by atoms with van der Waals surface area (Å²) >= 11 is 0. The Morgan fingerprint density at radius 2 is 1.86 bits per heavy atom. The topological polar surface area (TPSA) is 15.7 Å². The standard InChI is InChI=1S/C15H38N2OSi3/c1-15(2,3)14(17-19-12-13-20(17,6)7)21(8,9)18-11-10-16(4)5/h14H,10-13,19H2,1-9H3. The van der Waals surface area contributed by atoms with Crippen LogP contribution in [0.1, 0.15) is 20.8 Å². The van der Waals surface area contributed by atoms with Gasteiger partial charge in [-0.25, -0.2) is 0 Å². The van der Waals surface area contributed by atoms with Gasteiger partial charge in [0.15, 0.2) is 0 Å². The molecule has 3 nitrogen and oxygen atoms in total. The zero-order chi connectivity index (χ0) is 16.5. The first-order valence-corrected chi connectivity index (χ1v) is 16.2. The molecule has 1 fully saturated rings. The maximum absolute atomic E-state index is 6.53. The van der Waals surface area contributed by atoms with E-state index >= 15 is 0 Å². The summed E-state index contributed by atoms with van der Waals surface area (Å²) in [6.45, 7) is 19.3. The molecule has 0 amide bonds. The summed E-state index contributed by atoms with van der Waals surface area (Å²) in [5.74, 6) is 0. The van der Waals surface area contributed by atoms with Gasteiger partial charge in [0.2, 0.25) is 8.32 Å². The Kier molecular flexibility index (Phi) is 6.49. The molecule has 1 unspecified atom stereocenters. The molecule has 1 aliphatic rings. The third kappa shape index (κ3) is 5.28. The van der Waals surface area contributed by atoms with Crippen LogP contribution in [-0.2, 0) is 4.43 Å². The van der Waals surface area contributed by atoms with Crippen LogP contribution < -0.4 is 0 Å². The minimum Gasteiger partial charge on any atom is -0.415 e. The zero-order valence-corrected chi connectivity index (χ0v) is 19.3. The lowest BCUT2D eigenvalue weighted by molar-refractivity contribution is 0.210. The Bertz CT molecular complexity index is 340. The van der Waals surface area contributed by atoms with Crippen LogP contribution in [0.2, 0.25) is 38.3 Å². The fraction of sp³-hybridized carbons (Fsp3) is 1.00. The molecule has 126 valence electrons. The first-order chi connectivity index (χ1) is 9.38. The van der Waals surface area contributed by atoms with Gasteiger partial charge in [-0.3, -0.25) is 0 Å². The molecule has 0 saturated carbocycles. The predicted molar refractivity (Wildman–Crippen MR) is 103 cm³/mol. The summed E-state index contributed by atoms with van der Waals surface area (Å²) in [7, 11) is 1.31. The van der Waals surface area contributed by atoms with Crippen LogP contribution in [0.25, 0.3) is 0 Å². The number of likely N-dealkylation sites (N-methyl/N-ethyl adjacent to an activating group) is 1. The van der Waals surface area contributed by atoms with E-state index in [1.165, 1.54) is 12.1 Å². The average molecular weight is 347 g/mol. The highest BCUT2D eigenvalue weighted by atomic mass is 28.4. The third-order valence-corrected chi connectivity index (χ3v) is 17.7. The van der Waals surface area contributed by atoms with Crippen molar-refractivity contribution >= 4 is 26.2 Å². The van der Waals surface area contributed by atoms with E-state index in [2.05, 4.69) is 70.2 Å². The normalized spacial score (nSPS) is 23.1. The van der Waals surface area contributed by atoms with E-state index in [0.29, 0.717) is 11.1 Å². The van der Waals surface area contributed by atoms with Crippen molar-refractivity contribution in [1.29, 1.82) is 0 Å². The number of hydrogen-bond acceptors (Lipinski definition) is 3. The van der Waals surface area contributed by atoms with E-state index in [4.69, 9.17) is 4.43 Å². The van der Waals surface area contributed by atoms with Gasteiger partial charge in [-0.1, -0.05) is 39.9 Å². The fourth-order valence-corrected chi connectivity index (χ4v) is 21.3. The summed E-state index contributed by atoms with van der Waals surface area (Å²) in [5.41, 5.74) is 1.01. The van der Waals surface area contributed by atoms with E-state index in [9.17, 15) is 0 Å². The Balaban J connectivity index is 2.92. The lowest BCUT2D eigenvalue weighted by Crippen LogP contribution is -2.66. The van der Waals surface area contributed by atoms with Crippen LogP contribution in [0.4, 0.5) is 0 Å². The Morgan fingerprint density at radius 1 is 1.29 bits per heavy atom. The van der Waals surface area contributed by atoms with Crippen molar-refractivity contribution in [2.45, 2.75) is 64.7 Å². The number of nitrogens with zero attached hydrogens (tertiary/aromatic N) is 2. The van der Waals surface area contributed by atoms with Crippen LogP contribution in [0.5, 0.6) is 0 Å². The van der Waals surface area contributed by atoms with Crippen LogP contribution >= 0.6 is 0 Å². The largest absolute Gasteiger partial charge is 0.415 e. The molecule has 0 radical (unpaired) electrons. The molecule has 0 aromatic rings. The monoisotopic (exact) mass is 346 g/mol. The molecule has 0 spiro atoms. The molecule has 1 rings (SSSR count). The van der Waals surface area contributed by atoms with Crippen molar-refractivity contribution < 1.29 is 4.43 Å². The third-order valence-electron chi connectivity index (χ3n) is 4.77. The van der Waals surface area contributed by atoms with Crippen LogP contribution in [-0.4, -0.2) is 68.3 Å². The van der Waals surface area contributed by atoms with Gasteiger partial charge in [0.05, 0.1) is 9.68 Å². The van der Waals surface area contributed by atoms with Crippen LogP contribution in [0.3, 0.4) is 0 Å². The molecule has 0 N–H and O–H groups in total. The van der Waals surface area contributed by atoms with Crippen molar-refractivity contribution in [3.8, 4) is 0 Å². The molecule has 0 aliphatic carbocycles. The van der Waals surface area contributed by atoms with Crippen LogP contribution in [0, 0.1) is 5.41 Å². The molecular formula is C15H38N2OSi3. The molecule has 1 atom stereocenters. The van der Waals surface area contributed by atoms with Gasteiger partial charge in [-0.15, -0.1) is 0 Å². The molecule has 1 saturated heterocycles. The van der Waals surface area contributed by atoms with Gasteiger partial charge < -0.3 is 13.6 Å². The average Bonchev–Trinajstić information content (AvgIpc) is 2.55. The van der Waals surface area contributed by atoms with Gasteiger partial charge in [0, 0.05) is 18.8 Å². The lowest BCUT2D eigenvalue weighted by Gasteiger charge is -2.51. The lowest BCUT2D eigenvalue weighted by atomic mass is 9.97. The summed E-state index contributed by atoms with van der Waals surface area (Å²) in [6.07, 6.45) is 0. The van der Waals surface area contributed by atoms with E-state index in [-0.39, 0.29) is 9.68 Å². The van der Waals surface area contributed by atoms with Crippen LogP contribution in [0.15, 0.2) is 0 Å². The van der Waals surface area contributed by atoms with E-state index < -0.39 is 16.6 Å². The number of hydrogen-bond donors (Lipinski definition) is 0. The highest BCUT2D eigenvalue weighted by Gasteiger charge is 2.50. The second-order valence-corrected chi connectivity index (χ2v) is 20.3. The molecule has 21 heavy (non-hydrogen) atoms. The highest BCUT2D eigenvalue weighted by molar-refractivity contribution is 6.86. The summed E-state index contributed by atoms with van der Waals surface area (Å²) in [4.78, 5) is 2.22. The molecule has 6 heteroatoms. The van der Waals surface area contributed by atoms with Crippen molar-refractivity contribution in [3.63, 3.8) is 0 Å². The summed E-state index contributed by atoms with van der Waals surface area (Å²) in [5, 5.41) is 0. The Hall–Kier alpha value is 0.531. The summed E-state index contributed by atoms with van der Waals surface area (Å²) in [6, 6.07) is 3.03. The maximum atomic E-state index is 6.53. The molecule has 0 aromatic carbocycles. The first kappa shape index (κ1) is 19.6. The molecule has 1 heterocycles. The van der Waals surface area contributed by atoms with Gasteiger partial charge in [-0.05, 0) is 38.6 Å². The van der Waals surface area contributed by atoms with Gasteiger partial charge in [-0.2, -0.15) is 0 Å². The minimum absolute atomic E-state index is 0.0536. The van der Waals surface area contributed by atoms with E-state index in [1.54, 1.807) is 0 Å². The fourth-order valence-electron chi connectivity index (χ4n) is 4.06. The van der Waals surface area contributed by atoms with E-state index in [1.807, 2.05) is 0 Å². The maximum Gasteiger partial charge on any atom is 0.202 e. The minimum atomic E-state index is -1.72. The second-order valence-electron chi connectivity index (χ2n) is 9.13. The van der Waals surface area contributed by atoms with Gasteiger partial charge in [0.1, 0.15) is 8.24 Å². The van der Waals surface area contributed by atoms with Gasteiger partial charge >= 0.3 is 0 Å². The van der Waals surface area contributed by atoms with Gasteiger partial charge in [0.25, 0.3) is 0 Å². The Labute approximate surface area is 137 Å². The summed E-state index contributed by atoms with van der Waals surface area (Å²) < 4.78 is 9.57. The Morgan fingerprint density at radius 3 is 2.24 bits per heavy atom.